The number of hydrogen-bond donors (Lipinski definition) is 2. The van der Waals surface area contributed by atoms with Gasteiger partial charge in [0.2, 0.25) is 0 Å². The van der Waals surface area contributed by atoms with Crippen LogP contribution < -0.4 is 10.6 Å². The molecule has 4 rings (SSSR count). The number of aryl methyl sites for hydroxylation is 2. The van der Waals surface area contributed by atoms with Gasteiger partial charge in [-0.15, -0.1) is 0 Å². The zero-order chi connectivity index (χ0) is 21.4. The van der Waals surface area contributed by atoms with Gasteiger partial charge in [-0.1, -0.05) is 18.2 Å². The van der Waals surface area contributed by atoms with Crippen molar-refractivity contribution in [1.29, 1.82) is 0 Å². The highest BCUT2D eigenvalue weighted by Crippen LogP contribution is 2.28. The Morgan fingerprint density at radius 3 is 2.33 bits per heavy atom. The van der Waals surface area contributed by atoms with Crippen molar-refractivity contribution in [2.45, 2.75) is 58.5 Å². The van der Waals surface area contributed by atoms with Gasteiger partial charge in [-0.2, -0.15) is 0 Å². The van der Waals surface area contributed by atoms with Crippen molar-refractivity contribution in [1.82, 2.24) is 10.2 Å². The molecule has 2 N–H and O–H groups in total. The van der Waals surface area contributed by atoms with E-state index in [9.17, 15) is 14.4 Å². The molecular formula is C24H27N3O3. The Bertz CT molecular complexity index is 1030. The molecule has 2 aromatic rings. The molecule has 0 spiro atoms. The molecule has 4 amide bonds. The molecule has 2 aliphatic rings. The Morgan fingerprint density at radius 2 is 1.60 bits per heavy atom. The number of fused-ring (bicyclic) bond motifs is 2. The van der Waals surface area contributed by atoms with E-state index in [4.69, 9.17) is 0 Å². The first-order valence-corrected chi connectivity index (χ1v) is 10.6. The lowest BCUT2D eigenvalue weighted by Crippen LogP contribution is -2.35. The van der Waals surface area contributed by atoms with Crippen molar-refractivity contribution in [2.24, 2.45) is 0 Å². The molecule has 156 valence electrons. The summed E-state index contributed by atoms with van der Waals surface area (Å²) in [5.41, 5.74) is 5.05. The lowest BCUT2D eigenvalue weighted by atomic mass is 9.89. The molecule has 2 aromatic carbocycles. The van der Waals surface area contributed by atoms with Crippen molar-refractivity contribution < 1.29 is 14.4 Å². The molecule has 1 atom stereocenters. The summed E-state index contributed by atoms with van der Waals surface area (Å²) < 4.78 is 0. The van der Waals surface area contributed by atoms with Gasteiger partial charge in [0.05, 0.1) is 17.2 Å². The number of benzene rings is 2. The maximum atomic E-state index is 12.5. The first-order valence-electron chi connectivity index (χ1n) is 10.6. The quantitative estimate of drug-likeness (QED) is 0.738. The third-order valence-electron chi connectivity index (χ3n) is 5.91. The minimum absolute atomic E-state index is 0.147. The third kappa shape index (κ3) is 3.70. The number of hydrogen-bond acceptors (Lipinski definition) is 3. The van der Waals surface area contributed by atoms with E-state index in [2.05, 4.69) is 28.8 Å². The van der Waals surface area contributed by atoms with Crippen LogP contribution in [-0.2, 0) is 12.8 Å². The van der Waals surface area contributed by atoms with E-state index in [0.717, 1.165) is 18.4 Å². The van der Waals surface area contributed by atoms with Gasteiger partial charge in [-0.05, 0) is 81.3 Å². The maximum absolute atomic E-state index is 12.5. The van der Waals surface area contributed by atoms with Gasteiger partial charge < -0.3 is 10.6 Å². The van der Waals surface area contributed by atoms with E-state index in [1.54, 1.807) is 32.0 Å². The van der Waals surface area contributed by atoms with Crippen LogP contribution in [0.3, 0.4) is 0 Å². The Kier molecular flexibility index (Phi) is 5.33. The van der Waals surface area contributed by atoms with Crippen molar-refractivity contribution in [3.63, 3.8) is 0 Å². The second kappa shape index (κ2) is 7.94. The van der Waals surface area contributed by atoms with Crippen LogP contribution in [0.1, 0.15) is 77.1 Å². The summed E-state index contributed by atoms with van der Waals surface area (Å²) >= 11 is 0. The number of nitrogens with zero attached hydrogens (tertiary/aromatic N) is 1. The molecule has 1 unspecified atom stereocenters. The van der Waals surface area contributed by atoms with Crippen LogP contribution in [0.5, 0.6) is 0 Å². The van der Waals surface area contributed by atoms with Gasteiger partial charge in [0.25, 0.3) is 11.8 Å². The molecule has 1 aliphatic heterocycles. The van der Waals surface area contributed by atoms with Crippen LogP contribution in [0.2, 0.25) is 0 Å². The van der Waals surface area contributed by atoms with Crippen LogP contribution in [-0.4, -0.2) is 28.8 Å². The number of carbonyl (C=O) groups excluding carboxylic acids is 3. The number of carbonyl (C=O) groups is 3. The smallest absolute Gasteiger partial charge is 0.319 e. The van der Waals surface area contributed by atoms with E-state index >= 15 is 0 Å². The number of rotatable bonds is 4. The van der Waals surface area contributed by atoms with Gasteiger partial charge in [0, 0.05) is 11.7 Å². The first-order chi connectivity index (χ1) is 14.3. The highest BCUT2D eigenvalue weighted by molar-refractivity contribution is 6.22. The number of nitrogens with one attached hydrogen (secondary N) is 2. The molecule has 0 radical (unpaired) electrons. The topological polar surface area (TPSA) is 78.5 Å². The van der Waals surface area contributed by atoms with Gasteiger partial charge in [0.1, 0.15) is 0 Å². The number of anilines is 1. The molecule has 0 fully saturated rings. The summed E-state index contributed by atoms with van der Waals surface area (Å²) in [6, 6.07) is 10.6. The van der Waals surface area contributed by atoms with Crippen molar-refractivity contribution >= 4 is 23.5 Å². The van der Waals surface area contributed by atoms with Crippen LogP contribution >= 0.6 is 0 Å². The first kappa shape index (κ1) is 20.1. The van der Waals surface area contributed by atoms with Gasteiger partial charge >= 0.3 is 6.03 Å². The Hall–Kier alpha value is -3.15. The van der Waals surface area contributed by atoms with Crippen molar-refractivity contribution in [2.75, 3.05) is 5.32 Å². The summed E-state index contributed by atoms with van der Waals surface area (Å²) in [7, 11) is 0. The summed E-state index contributed by atoms with van der Waals surface area (Å²) in [6.45, 7) is 5.56. The lowest BCUT2D eigenvalue weighted by molar-refractivity contribution is 0.0609. The predicted molar refractivity (Wildman–Crippen MR) is 116 cm³/mol. The number of urea groups is 1. The zero-order valence-corrected chi connectivity index (χ0v) is 17.6. The molecule has 30 heavy (non-hydrogen) atoms. The molecule has 1 heterocycles. The summed E-state index contributed by atoms with van der Waals surface area (Å²) in [5.74, 6) is -0.612. The van der Waals surface area contributed by atoms with E-state index in [1.807, 2.05) is 6.92 Å². The average Bonchev–Trinajstić information content (AvgIpc) is 2.97. The molecule has 6 nitrogen and oxygen atoms in total. The normalized spacial score (nSPS) is 16.3. The zero-order valence-electron chi connectivity index (χ0n) is 17.6. The highest BCUT2D eigenvalue weighted by Gasteiger charge is 2.37. The lowest BCUT2D eigenvalue weighted by Gasteiger charge is -2.20. The van der Waals surface area contributed by atoms with Crippen LogP contribution in [0, 0.1) is 0 Å². The Labute approximate surface area is 176 Å². The fraction of sp³-hybridized carbons (Fsp3) is 0.375. The van der Waals surface area contributed by atoms with Crippen LogP contribution in [0.25, 0.3) is 0 Å². The van der Waals surface area contributed by atoms with E-state index in [0.29, 0.717) is 16.8 Å². The largest absolute Gasteiger partial charge is 0.331 e. The van der Waals surface area contributed by atoms with E-state index in [1.165, 1.54) is 28.9 Å². The van der Waals surface area contributed by atoms with Gasteiger partial charge in [0.15, 0.2) is 0 Å². The Morgan fingerprint density at radius 1 is 0.900 bits per heavy atom. The SMILES string of the molecule is CC(NC(=O)Nc1ccc2c(c1)C(=O)N(C(C)C)C2=O)c1ccc2c(c1)CCCC2. The second-order valence-corrected chi connectivity index (χ2v) is 8.39. The minimum Gasteiger partial charge on any atom is -0.331 e. The predicted octanol–water partition coefficient (Wildman–Crippen LogP) is 4.45. The molecule has 0 aromatic heterocycles. The molecule has 0 saturated carbocycles. The standard InChI is InChI=1S/C24H27N3O3/c1-14(2)27-22(28)20-11-10-19(13-21(20)23(27)29)26-24(30)25-15(3)17-9-8-16-6-4-5-7-18(16)12-17/h8-15H,4-7H2,1-3H3,(H2,25,26,30). The van der Waals surface area contributed by atoms with E-state index in [-0.39, 0.29) is 29.9 Å². The summed E-state index contributed by atoms with van der Waals surface area (Å²) in [6.07, 6.45) is 4.68. The van der Waals surface area contributed by atoms with Crippen molar-refractivity contribution in [3.05, 3.63) is 64.2 Å². The fourth-order valence-corrected chi connectivity index (χ4v) is 4.28. The monoisotopic (exact) mass is 405 g/mol. The molecule has 0 bridgehead atoms. The number of imide groups is 1. The van der Waals surface area contributed by atoms with Crippen molar-refractivity contribution in [3.8, 4) is 0 Å². The molecular weight excluding hydrogens is 378 g/mol. The van der Waals surface area contributed by atoms with E-state index < -0.39 is 0 Å². The van der Waals surface area contributed by atoms with Crippen LogP contribution in [0.4, 0.5) is 10.5 Å². The molecule has 0 saturated heterocycles. The fourth-order valence-electron chi connectivity index (χ4n) is 4.28. The maximum Gasteiger partial charge on any atom is 0.319 e. The minimum atomic E-state index is -0.349. The van der Waals surface area contributed by atoms with Gasteiger partial charge in [-0.25, -0.2) is 4.79 Å². The molecule has 1 aliphatic carbocycles. The molecule has 6 heteroatoms. The third-order valence-corrected chi connectivity index (χ3v) is 5.91. The average molecular weight is 405 g/mol. The summed E-state index contributed by atoms with van der Waals surface area (Å²) in [5, 5.41) is 5.74. The van der Waals surface area contributed by atoms with Gasteiger partial charge in [-0.3, -0.25) is 14.5 Å². The highest BCUT2D eigenvalue weighted by atomic mass is 16.2. The summed E-state index contributed by atoms with van der Waals surface area (Å²) in [4.78, 5) is 38.7. The Balaban J connectivity index is 1.44. The van der Waals surface area contributed by atoms with Crippen LogP contribution in [0.15, 0.2) is 36.4 Å². The second-order valence-electron chi connectivity index (χ2n) is 8.39. The number of amides is 4.